The number of rotatable bonds is 4. The standard InChI is InChI=1S/C45H25N5/c46-26-29-16-22-34(39(24-29)37-11-3-6-15-43(37)50-41-13-4-1-9-35(41)36-10-2-5-14-42(36)50)31-18-20-33(21-19-31)49-44-23-17-30(27-47)25-40(44)38-12-7-8-32(28-48)45(38)49/h1-25H. The molecule has 2 heterocycles. The lowest BCUT2D eigenvalue weighted by Gasteiger charge is -2.17. The van der Waals surface area contributed by atoms with Gasteiger partial charge in [-0.05, 0) is 83.4 Å². The highest BCUT2D eigenvalue weighted by Crippen LogP contribution is 2.41. The predicted molar refractivity (Wildman–Crippen MR) is 200 cm³/mol. The molecule has 2 aromatic heterocycles. The van der Waals surface area contributed by atoms with E-state index in [0.717, 1.165) is 66.5 Å². The first kappa shape index (κ1) is 28.8. The van der Waals surface area contributed by atoms with Crippen LogP contribution in [0, 0.1) is 34.0 Å². The summed E-state index contributed by atoms with van der Waals surface area (Å²) in [5.74, 6) is 0. The molecule has 0 atom stereocenters. The molecule has 0 saturated heterocycles. The molecule has 5 heteroatoms. The van der Waals surface area contributed by atoms with Gasteiger partial charge in [-0.15, -0.1) is 0 Å². The molecular formula is C45H25N5. The van der Waals surface area contributed by atoms with Crippen LogP contribution in [0.15, 0.2) is 152 Å². The number of benzene rings is 7. The summed E-state index contributed by atoms with van der Waals surface area (Å²) in [6.07, 6.45) is 0. The summed E-state index contributed by atoms with van der Waals surface area (Å²) in [7, 11) is 0. The fraction of sp³-hybridized carbons (Fsp3) is 0. The molecule has 0 aliphatic carbocycles. The van der Waals surface area contributed by atoms with E-state index in [2.05, 4.69) is 118 Å². The van der Waals surface area contributed by atoms with Crippen molar-refractivity contribution >= 4 is 43.6 Å². The summed E-state index contributed by atoms with van der Waals surface area (Å²) in [5, 5.41) is 33.9. The van der Waals surface area contributed by atoms with E-state index in [4.69, 9.17) is 0 Å². The Bertz CT molecular complexity index is 2900. The average Bonchev–Trinajstić information content (AvgIpc) is 3.70. The van der Waals surface area contributed by atoms with Crippen molar-refractivity contribution in [3.05, 3.63) is 168 Å². The highest BCUT2D eigenvalue weighted by Gasteiger charge is 2.19. The molecule has 0 amide bonds. The molecule has 9 rings (SSSR count). The fourth-order valence-corrected chi connectivity index (χ4v) is 7.45. The highest BCUT2D eigenvalue weighted by molar-refractivity contribution is 6.12. The van der Waals surface area contributed by atoms with E-state index in [1.54, 1.807) is 0 Å². The Morgan fingerprint density at radius 3 is 1.74 bits per heavy atom. The minimum Gasteiger partial charge on any atom is -0.309 e. The second-order valence-corrected chi connectivity index (χ2v) is 12.3. The minimum atomic E-state index is 0.567. The van der Waals surface area contributed by atoms with Gasteiger partial charge in [0.05, 0.1) is 56.6 Å². The third-order valence-corrected chi connectivity index (χ3v) is 9.64. The lowest BCUT2D eigenvalue weighted by Crippen LogP contribution is -1.99. The number of nitriles is 3. The van der Waals surface area contributed by atoms with Crippen molar-refractivity contribution in [2.75, 3.05) is 0 Å². The smallest absolute Gasteiger partial charge is 0.101 e. The summed E-state index contributed by atoms with van der Waals surface area (Å²) in [5.41, 5.74) is 11.6. The molecule has 230 valence electrons. The van der Waals surface area contributed by atoms with Gasteiger partial charge in [0.25, 0.3) is 0 Å². The molecule has 0 unspecified atom stereocenters. The fourth-order valence-electron chi connectivity index (χ4n) is 7.45. The maximum Gasteiger partial charge on any atom is 0.101 e. The van der Waals surface area contributed by atoms with E-state index < -0.39 is 0 Å². The Morgan fingerprint density at radius 1 is 0.400 bits per heavy atom. The van der Waals surface area contributed by atoms with Crippen molar-refractivity contribution in [3.8, 4) is 51.8 Å². The van der Waals surface area contributed by atoms with Gasteiger partial charge in [-0.25, -0.2) is 0 Å². The van der Waals surface area contributed by atoms with E-state index in [9.17, 15) is 15.8 Å². The molecule has 0 fully saturated rings. The Hall–Kier alpha value is -7.39. The van der Waals surface area contributed by atoms with Gasteiger partial charge in [0, 0.05) is 32.8 Å². The molecule has 0 bridgehead atoms. The van der Waals surface area contributed by atoms with Crippen molar-refractivity contribution in [3.63, 3.8) is 0 Å². The highest BCUT2D eigenvalue weighted by atomic mass is 15.0. The van der Waals surface area contributed by atoms with Crippen LogP contribution in [-0.4, -0.2) is 9.13 Å². The third-order valence-electron chi connectivity index (χ3n) is 9.64. The molecule has 9 aromatic rings. The van der Waals surface area contributed by atoms with Crippen molar-refractivity contribution < 1.29 is 0 Å². The molecule has 5 nitrogen and oxygen atoms in total. The van der Waals surface area contributed by atoms with Crippen LogP contribution in [0.25, 0.3) is 77.2 Å². The number of nitrogens with zero attached hydrogens (tertiary/aromatic N) is 5. The third kappa shape index (κ3) is 4.31. The topological polar surface area (TPSA) is 81.2 Å². The molecular weight excluding hydrogens is 611 g/mol. The van der Waals surface area contributed by atoms with Crippen LogP contribution in [0.3, 0.4) is 0 Å². The quantitative estimate of drug-likeness (QED) is 0.193. The van der Waals surface area contributed by atoms with Crippen molar-refractivity contribution in [1.29, 1.82) is 15.8 Å². The molecule has 0 aliphatic rings. The first-order valence-corrected chi connectivity index (χ1v) is 16.3. The summed E-state index contributed by atoms with van der Waals surface area (Å²) >= 11 is 0. The summed E-state index contributed by atoms with van der Waals surface area (Å²) in [6, 6.07) is 57.9. The van der Waals surface area contributed by atoms with E-state index in [1.807, 2.05) is 60.7 Å². The van der Waals surface area contributed by atoms with Gasteiger partial charge >= 0.3 is 0 Å². The summed E-state index contributed by atoms with van der Waals surface area (Å²) < 4.78 is 4.42. The van der Waals surface area contributed by atoms with Crippen LogP contribution in [0.4, 0.5) is 0 Å². The maximum atomic E-state index is 10.1. The van der Waals surface area contributed by atoms with Crippen LogP contribution >= 0.6 is 0 Å². The van der Waals surface area contributed by atoms with Gasteiger partial charge in [0.15, 0.2) is 0 Å². The lowest BCUT2D eigenvalue weighted by atomic mass is 9.91. The molecule has 0 spiro atoms. The largest absolute Gasteiger partial charge is 0.309 e. The molecule has 50 heavy (non-hydrogen) atoms. The van der Waals surface area contributed by atoms with Crippen molar-refractivity contribution in [2.24, 2.45) is 0 Å². The summed E-state index contributed by atoms with van der Waals surface area (Å²) in [6.45, 7) is 0. The van der Waals surface area contributed by atoms with Crippen molar-refractivity contribution in [2.45, 2.75) is 0 Å². The van der Waals surface area contributed by atoms with E-state index in [0.29, 0.717) is 16.7 Å². The first-order valence-electron chi connectivity index (χ1n) is 16.3. The van der Waals surface area contributed by atoms with Crippen LogP contribution in [-0.2, 0) is 0 Å². The SMILES string of the molecule is N#Cc1ccc(-c2ccc(-n3c4ccc(C#N)cc4c4cccc(C#N)c43)cc2)c(-c2ccccc2-n2c3ccccc3c3ccccc32)c1. The Kier molecular flexibility index (Phi) is 6.56. The van der Waals surface area contributed by atoms with Crippen LogP contribution < -0.4 is 0 Å². The number of aromatic nitrogens is 2. The van der Waals surface area contributed by atoms with Crippen LogP contribution in [0.2, 0.25) is 0 Å². The van der Waals surface area contributed by atoms with E-state index in [-0.39, 0.29) is 0 Å². The summed E-state index contributed by atoms with van der Waals surface area (Å²) in [4.78, 5) is 0. The molecule has 0 N–H and O–H groups in total. The number of fused-ring (bicyclic) bond motifs is 6. The zero-order chi connectivity index (χ0) is 33.8. The second-order valence-electron chi connectivity index (χ2n) is 12.3. The minimum absolute atomic E-state index is 0.567. The number of hydrogen-bond acceptors (Lipinski definition) is 3. The lowest BCUT2D eigenvalue weighted by molar-refractivity contribution is 1.17. The van der Waals surface area contributed by atoms with Gasteiger partial charge in [-0.1, -0.05) is 84.9 Å². The van der Waals surface area contributed by atoms with E-state index >= 15 is 0 Å². The van der Waals surface area contributed by atoms with E-state index in [1.165, 1.54) is 10.8 Å². The molecule has 7 aromatic carbocycles. The first-order chi connectivity index (χ1) is 24.7. The van der Waals surface area contributed by atoms with Gasteiger partial charge < -0.3 is 9.13 Å². The van der Waals surface area contributed by atoms with Crippen LogP contribution in [0.1, 0.15) is 16.7 Å². The zero-order valence-corrected chi connectivity index (χ0v) is 26.7. The zero-order valence-electron chi connectivity index (χ0n) is 26.7. The number of para-hydroxylation sites is 4. The second kappa shape index (κ2) is 11.4. The van der Waals surface area contributed by atoms with Crippen LogP contribution in [0.5, 0.6) is 0 Å². The van der Waals surface area contributed by atoms with Gasteiger partial charge in [0.2, 0.25) is 0 Å². The molecule has 0 radical (unpaired) electrons. The Balaban J connectivity index is 1.24. The normalized spacial score (nSPS) is 11.1. The van der Waals surface area contributed by atoms with Gasteiger partial charge in [-0.3, -0.25) is 0 Å². The predicted octanol–water partition coefficient (Wildman–Crippen LogP) is 10.8. The van der Waals surface area contributed by atoms with Gasteiger partial charge in [0.1, 0.15) is 6.07 Å². The average molecular weight is 636 g/mol. The Labute approximate surface area is 287 Å². The molecule has 0 saturated carbocycles. The molecule has 0 aliphatic heterocycles. The maximum absolute atomic E-state index is 10.1. The van der Waals surface area contributed by atoms with Crippen molar-refractivity contribution in [1.82, 2.24) is 9.13 Å². The van der Waals surface area contributed by atoms with Gasteiger partial charge in [-0.2, -0.15) is 15.8 Å². The monoisotopic (exact) mass is 635 g/mol. The number of hydrogen-bond donors (Lipinski definition) is 0. The Morgan fingerprint density at radius 2 is 1.02 bits per heavy atom.